The van der Waals surface area contributed by atoms with Crippen LogP contribution in [0.1, 0.15) is 40.9 Å². The summed E-state index contributed by atoms with van der Waals surface area (Å²) in [7, 11) is 0. The minimum absolute atomic E-state index is 0.140. The van der Waals surface area contributed by atoms with Crippen LogP contribution in [0.4, 0.5) is 0 Å². The van der Waals surface area contributed by atoms with Gasteiger partial charge in [0, 0.05) is 17.6 Å². The fraction of sp³-hybridized carbons (Fsp3) is 0.444. The molecule has 122 valence electrons. The zero-order valence-electron chi connectivity index (χ0n) is 13.5. The molecular weight excluding hydrogens is 306 g/mol. The molecule has 0 saturated carbocycles. The fourth-order valence-corrected chi connectivity index (χ4v) is 3.90. The van der Waals surface area contributed by atoms with E-state index in [1.54, 1.807) is 17.5 Å². The van der Waals surface area contributed by atoms with Crippen LogP contribution in [-0.2, 0) is 6.54 Å². The summed E-state index contributed by atoms with van der Waals surface area (Å²) in [6.07, 6.45) is 4.96. The maximum atomic E-state index is 13.1. The van der Waals surface area contributed by atoms with Gasteiger partial charge in [-0.1, -0.05) is 6.07 Å². The maximum Gasteiger partial charge on any atom is 0.255 e. The normalized spacial score (nSPS) is 18.4. The predicted octanol–water partition coefficient (Wildman–Crippen LogP) is 3.24. The van der Waals surface area contributed by atoms with E-state index in [4.69, 9.17) is 0 Å². The average Bonchev–Trinajstić information content (AvgIpc) is 2.84. The highest BCUT2D eigenvalue weighted by Gasteiger charge is 2.27. The summed E-state index contributed by atoms with van der Waals surface area (Å²) in [5, 5.41) is 7.44. The largest absolute Gasteiger partial charge is 0.330 e. The molecule has 1 aliphatic rings. The predicted molar refractivity (Wildman–Crippen MR) is 93.7 cm³/mol. The molecule has 1 atom stereocenters. The van der Waals surface area contributed by atoms with E-state index in [-0.39, 0.29) is 11.9 Å². The smallest absolute Gasteiger partial charge is 0.255 e. The summed E-state index contributed by atoms with van der Waals surface area (Å²) >= 11 is 1.59. The Hall–Kier alpha value is -1.72. The lowest BCUT2D eigenvalue weighted by molar-refractivity contribution is 0.0642. The van der Waals surface area contributed by atoms with Crippen LogP contribution in [0, 0.1) is 6.92 Å². The fourth-order valence-electron chi connectivity index (χ4n) is 3.08. The number of aromatic nitrogens is 1. The molecule has 1 amide bonds. The minimum Gasteiger partial charge on any atom is -0.330 e. The SMILES string of the molecule is Cc1cscc1C(=O)N(Cc1ccccn1)C1CCCNCC1. The van der Waals surface area contributed by atoms with Gasteiger partial charge in [-0.05, 0) is 62.4 Å². The monoisotopic (exact) mass is 329 g/mol. The highest BCUT2D eigenvalue weighted by molar-refractivity contribution is 7.08. The molecule has 1 unspecified atom stereocenters. The Balaban J connectivity index is 1.86. The standard InChI is InChI=1S/C18H23N3OS/c1-14-12-23-13-17(14)18(22)21(11-15-5-2-3-9-20-15)16-6-4-8-19-10-7-16/h2-3,5,9,12-13,16,19H,4,6-8,10-11H2,1H3. The van der Waals surface area contributed by atoms with Gasteiger partial charge in [0.2, 0.25) is 0 Å². The molecule has 1 saturated heterocycles. The Kier molecular flexibility index (Phi) is 5.41. The Morgan fingerprint density at radius 3 is 3.00 bits per heavy atom. The topological polar surface area (TPSA) is 45.2 Å². The van der Waals surface area contributed by atoms with Gasteiger partial charge in [-0.15, -0.1) is 0 Å². The first-order chi connectivity index (χ1) is 11.3. The molecule has 1 aliphatic heterocycles. The van der Waals surface area contributed by atoms with Gasteiger partial charge in [-0.3, -0.25) is 9.78 Å². The van der Waals surface area contributed by atoms with E-state index in [9.17, 15) is 4.79 Å². The summed E-state index contributed by atoms with van der Waals surface area (Å²) in [5.74, 6) is 0.140. The lowest BCUT2D eigenvalue weighted by Gasteiger charge is -2.31. The first kappa shape index (κ1) is 16.1. The molecule has 3 heterocycles. The molecule has 2 aromatic heterocycles. The number of pyridine rings is 1. The van der Waals surface area contributed by atoms with Gasteiger partial charge in [0.15, 0.2) is 0 Å². The first-order valence-corrected chi connectivity index (χ1v) is 9.14. The van der Waals surface area contributed by atoms with Crippen molar-refractivity contribution in [3.05, 3.63) is 52.0 Å². The number of carbonyl (C=O) groups is 1. The van der Waals surface area contributed by atoms with E-state index in [0.29, 0.717) is 6.54 Å². The van der Waals surface area contributed by atoms with Crippen molar-refractivity contribution in [3.8, 4) is 0 Å². The zero-order chi connectivity index (χ0) is 16.1. The van der Waals surface area contributed by atoms with Crippen molar-refractivity contribution in [2.24, 2.45) is 0 Å². The second-order valence-electron chi connectivity index (χ2n) is 6.06. The molecule has 0 bridgehead atoms. The van der Waals surface area contributed by atoms with Gasteiger partial charge in [0.05, 0.1) is 17.8 Å². The Morgan fingerprint density at radius 2 is 2.26 bits per heavy atom. The molecule has 0 aliphatic carbocycles. The highest BCUT2D eigenvalue weighted by Crippen LogP contribution is 2.22. The van der Waals surface area contributed by atoms with Gasteiger partial charge in [-0.2, -0.15) is 11.3 Å². The third-order valence-electron chi connectivity index (χ3n) is 4.39. The Labute approximate surface area is 141 Å². The van der Waals surface area contributed by atoms with E-state index in [1.807, 2.05) is 40.8 Å². The lowest BCUT2D eigenvalue weighted by Crippen LogP contribution is -2.40. The van der Waals surface area contributed by atoms with E-state index < -0.39 is 0 Å². The number of hydrogen-bond acceptors (Lipinski definition) is 4. The van der Waals surface area contributed by atoms with Crippen molar-refractivity contribution in [2.75, 3.05) is 13.1 Å². The highest BCUT2D eigenvalue weighted by atomic mass is 32.1. The van der Waals surface area contributed by atoms with Gasteiger partial charge >= 0.3 is 0 Å². The molecule has 1 N–H and O–H groups in total. The number of rotatable bonds is 4. The molecule has 0 aromatic carbocycles. The zero-order valence-corrected chi connectivity index (χ0v) is 14.3. The van der Waals surface area contributed by atoms with Crippen LogP contribution >= 0.6 is 11.3 Å². The summed E-state index contributed by atoms with van der Waals surface area (Å²) in [6, 6.07) is 6.17. The number of aryl methyl sites for hydroxylation is 1. The summed E-state index contributed by atoms with van der Waals surface area (Å²) in [6.45, 7) is 4.61. The van der Waals surface area contributed by atoms with Crippen molar-refractivity contribution >= 4 is 17.2 Å². The van der Waals surface area contributed by atoms with E-state index >= 15 is 0 Å². The quantitative estimate of drug-likeness (QED) is 0.936. The van der Waals surface area contributed by atoms with E-state index in [2.05, 4.69) is 10.3 Å². The number of thiophene rings is 1. The maximum absolute atomic E-state index is 13.1. The first-order valence-electron chi connectivity index (χ1n) is 8.20. The molecule has 0 radical (unpaired) electrons. The van der Waals surface area contributed by atoms with Crippen LogP contribution in [0.25, 0.3) is 0 Å². The molecule has 5 heteroatoms. The van der Waals surface area contributed by atoms with Crippen LogP contribution in [0.2, 0.25) is 0 Å². The molecule has 3 rings (SSSR count). The van der Waals surface area contributed by atoms with Crippen molar-refractivity contribution in [1.29, 1.82) is 0 Å². The molecule has 2 aromatic rings. The van der Waals surface area contributed by atoms with Gasteiger partial charge < -0.3 is 10.2 Å². The molecule has 1 fully saturated rings. The number of nitrogens with one attached hydrogen (secondary N) is 1. The Bertz CT molecular complexity index is 633. The number of amides is 1. The van der Waals surface area contributed by atoms with Crippen molar-refractivity contribution in [3.63, 3.8) is 0 Å². The summed E-state index contributed by atoms with van der Waals surface area (Å²) in [5.41, 5.74) is 2.85. The third-order valence-corrected chi connectivity index (χ3v) is 5.25. The van der Waals surface area contributed by atoms with Gasteiger partial charge in [-0.25, -0.2) is 0 Å². The van der Waals surface area contributed by atoms with Gasteiger partial charge in [0.25, 0.3) is 5.91 Å². The summed E-state index contributed by atoms with van der Waals surface area (Å²) in [4.78, 5) is 19.6. The van der Waals surface area contributed by atoms with Crippen LogP contribution in [0.3, 0.4) is 0 Å². The molecular formula is C18H23N3OS. The number of hydrogen-bond donors (Lipinski definition) is 1. The minimum atomic E-state index is 0.140. The molecule has 23 heavy (non-hydrogen) atoms. The third kappa shape index (κ3) is 3.98. The summed E-state index contributed by atoms with van der Waals surface area (Å²) < 4.78 is 0. The van der Waals surface area contributed by atoms with E-state index in [0.717, 1.165) is 49.2 Å². The van der Waals surface area contributed by atoms with Crippen molar-refractivity contribution in [1.82, 2.24) is 15.2 Å². The van der Waals surface area contributed by atoms with Crippen molar-refractivity contribution in [2.45, 2.75) is 38.8 Å². The van der Waals surface area contributed by atoms with Crippen LogP contribution in [0.5, 0.6) is 0 Å². The second-order valence-corrected chi connectivity index (χ2v) is 6.80. The van der Waals surface area contributed by atoms with Gasteiger partial charge in [0.1, 0.15) is 0 Å². The van der Waals surface area contributed by atoms with Crippen LogP contribution in [-0.4, -0.2) is 34.9 Å². The second kappa shape index (κ2) is 7.70. The van der Waals surface area contributed by atoms with Crippen LogP contribution in [0.15, 0.2) is 35.2 Å². The lowest BCUT2D eigenvalue weighted by atomic mass is 10.0. The number of carbonyl (C=O) groups excluding carboxylic acids is 1. The molecule has 0 spiro atoms. The average molecular weight is 329 g/mol. The van der Waals surface area contributed by atoms with Crippen LogP contribution < -0.4 is 5.32 Å². The van der Waals surface area contributed by atoms with Crippen molar-refractivity contribution < 1.29 is 4.79 Å². The number of nitrogens with zero attached hydrogens (tertiary/aromatic N) is 2. The Morgan fingerprint density at radius 1 is 1.35 bits per heavy atom. The molecule has 4 nitrogen and oxygen atoms in total. The van der Waals surface area contributed by atoms with E-state index in [1.165, 1.54) is 0 Å².